The first-order chi connectivity index (χ1) is 10.2. The van der Waals surface area contributed by atoms with Crippen LogP contribution in [0.3, 0.4) is 0 Å². The number of rotatable bonds is 4. The van der Waals surface area contributed by atoms with E-state index in [-0.39, 0.29) is 0 Å². The molecule has 0 radical (unpaired) electrons. The molecule has 0 N–H and O–H groups in total. The minimum absolute atomic E-state index is 0.829. The predicted octanol–water partition coefficient (Wildman–Crippen LogP) is 5.88. The van der Waals surface area contributed by atoms with E-state index in [4.69, 9.17) is 20.9 Å². The highest BCUT2D eigenvalue weighted by atomic mass is 32.9. The molecule has 0 unspecified atom stereocenters. The Kier molecular flexibility index (Phi) is 4.58. The molecule has 2 aromatic rings. The Morgan fingerprint density at radius 2 is 1.48 bits per heavy atom. The zero-order valence-electron chi connectivity index (χ0n) is 11.8. The average Bonchev–Trinajstić information content (AvgIpc) is 2.61. The van der Waals surface area contributed by atoms with Crippen molar-refractivity contribution in [1.82, 2.24) is 0 Å². The first kappa shape index (κ1) is 15.0. The predicted molar refractivity (Wildman–Crippen MR) is 94.8 cm³/mol. The molecule has 1 aliphatic heterocycles. The van der Waals surface area contributed by atoms with Gasteiger partial charge in [-0.05, 0) is 41.7 Å². The number of hydrogen-bond acceptors (Lipinski definition) is 4. The van der Waals surface area contributed by atoms with Crippen LogP contribution in [0.15, 0.2) is 48.5 Å². The van der Waals surface area contributed by atoms with Gasteiger partial charge in [0.15, 0.2) is 0 Å². The van der Waals surface area contributed by atoms with Gasteiger partial charge in [-0.15, -0.1) is 0 Å². The van der Waals surface area contributed by atoms with Crippen LogP contribution in [0.1, 0.15) is 19.8 Å². The molecule has 0 bridgehead atoms. The summed E-state index contributed by atoms with van der Waals surface area (Å²) in [5.41, 5.74) is -0.298. The van der Waals surface area contributed by atoms with Crippen LogP contribution >= 0.6 is 17.1 Å². The van der Waals surface area contributed by atoms with Gasteiger partial charge in [0.1, 0.15) is 11.5 Å². The minimum Gasteiger partial charge on any atom is -0.427 e. The van der Waals surface area contributed by atoms with Gasteiger partial charge in [0, 0.05) is 16.9 Å². The summed E-state index contributed by atoms with van der Waals surface area (Å²) in [4.78, 5) is 0. The highest BCUT2D eigenvalue weighted by Gasteiger charge is 2.29. The molecule has 3 rings (SSSR count). The van der Waals surface area contributed by atoms with E-state index in [0.717, 1.165) is 41.2 Å². The van der Waals surface area contributed by atoms with E-state index in [1.807, 2.05) is 36.4 Å². The van der Waals surface area contributed by atoms with Crippen molar-refractivity contribution in [2.24, 2.45) is 0 Å². The Bertz CT molecular complexity index is 636. The van der Waals surface area contributed by atoms with E-state index in [1.165, 1.54) is 0 Å². The van der Waals surface area contributed by atoms with Crippen LogP contribution in [0.25, 0.3) is 11.1 Å². The van der Waals surface area contributed by atoms with E-state index >= 15 is 0 Å². The van der Waals surface area contributed by atoms with Gasteiger partial charge in [0.05, 0.1) is 0 Å². The maximum Gasteiger partial charge on any atom is 0.348 e. The van der Waals surface area contributed by atoms with Crippen LogP contribution in [-0.2, 0) is 11.8 Å². The Balaban J connectivity index is 2.02. The molecule has 2 nitrogen and oxygen atoms in total. The fraction of sp³-hybridized carbons (Fsp3) is 0.250. The zero-order chi connectivity index (χ0) is 14.7. The Morgan fingerprint density at radius 1 is 0.952 bits per heavy atom. The molecule has 0 saturated heterocycles. The summed E-state index contributed by atoms with van der Waals surface area (Å²) in [6.07, 6.45) is 2.27. The zero-order valence-corrected chi connectivity index (χ0v) is 14.3. The van der Waals surface area contributed by atoms with Crippen molar-refractivity contribution in [3.63, 3.8) is 0 Å². The maximum absolute atomic E-state index is 6.14. The first-order valence-corrected chi connectivity index (χ1v) is 11.3. The Labute approximate surface area is 134 Å². The molecule has 0 atom stereocenters. The number of fused-ring (bicyclic) bond motifs is 3. The van der Waals surface area contributed by atoms with Crippen LogP contribution in [0.2, 0.25) is 0 Å². The van der Waals surface area contributed by atoms with Gasteiger partial charge in [0.2, 0.25) is 0 Å². The van der Waals surface area contributed by atoms with Crippen LogP contribution in [-0.4, -0.2) is 5.75 Å². The lowest BCUT2D eigenvalue weighted by Gasteiger charge is -2.20. The van der Waals surface area contributed by atoms with Crippen molar-refractivity contribution in [2.75, 3.05) is 5.75 Å². The molecule has 0 fully saturated rings. The van der Waals surface area contributed by atoms with E-state index in [9.17, 15) is 0 Å². The van der Waals surface area contributed by atoms with Gasteiger partial charge < -0.3 is 9.05 Å². The lowest BCUT2D eigenvalue weighted by atomic mass is 10.0. The Hall–Kier alpha value is -0.960. The fourth-order valence-corrected chi connectivity index (χ4v) is 6.76. The second-order valence-electron chi connectivity index (χ2n) is 4.81. The topological polar surface area (TPSA) is 18.5 Å². The molecular formula is C16H17O2PS2. The molecule has 1 aliphatic rings. The largest absolute Gasteiger partial charge is 0.427 e. The van der Waals surface area contributed by atoms with Crippen molar-refractivity contribution in [3.05, 3.63) is 48.5 Å². The third-order valence-electron chi connectivity index (χ3n) is 3.23. The standard InChI is InChI=1S/C16H17O2PS2/c1-2-3-12-21-19(20)17-15-10-6-4-8-13(15)14-9-5-7-11-16(14)18-19/h4-11H,2-3,12H2,1H3. The molecule has 0 aromatic heterocycles. The second kappa shape index (κ2) is 6.43. The molecular weight excluding hydrogens is 319 g/mol. The van der Waals surface area contributed by atoms with Crippen LogP contribution in [0.4, 0.5) is 0 Å². The molecule has 0 aliphatic carbocycles. The Morgan fingerprint density at radius 3 is 2.00 bits per heavy atom. The minimum atomic E-state index is -2.40. The molecule has 0 spiro atoms. The summed E-state index contributed by atoms with van der Waals surface area (Å²) < 4.78 is 12.3. The summed E-state index contributed by atoms with van der Waals surface area (Å²) in [7, 11) is 0. The van der Waals surface area contributed by atoms with Gasteiger partial charge in [0.25, 0.3) is 0 Å². The monoisotopic (exact) mass is 336 g/mol. The summed E-state index contributed by atoms with van der Waals surface area (Å²) >= 11 is 7.38. The van der Waals surface area contributed by atoms with E-state index < -0.39 is 5.69 Å². The molecule has 21 heavy (non-hydrogen) atoms. The smallest absolute Gasteiger partial charge is 0.348 e. The van der Waals surface area contributed by atoms with E-state index in [2.05, 4.69) is 19.1 Å². The van der Waals surface area contributed by atoms with Crippen LogP contribution in [0, 0.1) is 0 Å². The first-order valence-electron chi connectivity index (χ1n) is 7.04. The van der Waals surface area contributed by atoms with Gasteiger partial charge in [-0.2, -0.15) is 0 Å². The van der Waals surface area contributed by atoms with Crippen molar-refractivity contribution < 1.29 is 9.05 Å². The van der Waals surface area contributed by atoms with Crippen molar-refractivity contribution in [3.8, 4) is 22.6 Å². The summed E-state index contributed by atoms with van der Waals surface area (Å²) in [5, 5.41) is 0. The van der Waals surface area contributed by atoms with Gasteiger partial charge >= 0.3 is 5.69 Å². The van der Waals surface area contributed by atoms with Gasteiger partial charge in [-0.1, -0.05) is 49.7 Å². The molecule has 1 heterocycles. The normalized spacial score (nSPS) is 15.1. The fourth-order valence-electron chi connectivity index (χ4n) is 2.17. The molecule has 110 valence electrons. The number of para-hydroxylation sites is 2. The van der Waals surface area contributed by atoms with Crippen molar-refractivity contribution >= 4 is 28.9 Å². The van der Waals surface area contributed by atoms with Crippen molar-refractivity contribution in [1.29, 1.82) is 0 Å². The third kappa shape index (κ3) is 3.28. The maximum atomic E-state index is 6.14. The van der Waals surface area contributed by atoms with E-state index in [0.29, 0.717) is 0 Å². The summed E-state index contributed by atoms with van der Waals surface area (Å²) in [6.45, 7) is 2.18. The number of unbranched alkanes of at least 4 members (excludes halogenated alkanes) is 1. The molecule has 2 aromatic carbocycles. The number of benzene rings is 2. The molecule has 0 amide bonds. The van der Waals surface area contributed by atoms with Crippen LogP contribution < -0.4 is 9.05 Å². The third-order valence-corrected chi connectivity index (χ3v) is 8.20. The average molecular weight is 336 g/mol. The SMILES string of the molecule is CCCCSP1(=S)Oc2ccccc2-c2ccccc2O1. The molecule has 5 heteroatoms. The number of hydrogen-bond donors (Lipinski definition) is 0. The second-order valence-corrected chi connectivity index (χ2v) is 11.1. The van der Waals surface area contributed by atoms with Gasteiger partial charge in [-0.3, -0.25) is 0 Å². The lowest BCUT2D eigenvalue weighted by Crippen LogP contribution is -1.96. The van der Waals surface area contributed by atoms with Crippen LogP contribution in [0.5, 0.6) is 11.5 Å². The quantitative estimate of drug-likeness (QED) is 0.512. The van der Waals surface area contributed by atoms with E-state index in [1.54, 1.807) is 11.4 Å². The highest BCUT2D eigenvalue weighted by molar-refractivity contribution is 8.68. The lowest BCUT2D eigenvalue weighted by molar-refractivity contribution is 0.516. The van der Waals surface area contributed by atoms with Crippen molar-refractivity contribution in [2.45, 2.75) is 19.8 Å². The highest BCUT2D eigenvalue weighted by Crippen LogP contribution is 2.64. The summed E-state index contributed by atoms with van der Waals surface area (Å²) in [5.74, 6) is 2.63. The van der Waals surface area contributed by atoms with Gasteiger partial charge in [-0.25, -0.2) is 0 Å². The molecule has 0 saturated carbocycles. The summed E-state index contributed by atoms with van der Waals surface area (Å²) in [6, 6.07) is 16.0.